The predicted octanol–water partition coefficient (Wildman–Crippen LogP) is 4.91. The van der Waals surface area contributed by atoms with Crippen molar-refractivity contribution >= 4 is 12.1 Å². The lowest BCUT2D eigenvalue weighted by Crippen LogP contribution is -2.48. The number of benzene rings is 2. The molecule has 0 saturated carbocycles. The molecule has 0 aromatic heterocycles. The lowest BCUT2D eigenvalue weighted by Gasteiger charge is -2.31. The third-order valence-corrected chi connectivity index (χ3v) is 4.39. The maximum Gasteiger partial charge on any atom is 0.410 e. The van der Waals surface area contributed by atoms with E-state index < -0.39 is 23.7 Å². The maximum absolute atomic E-state index is 12.9. The number of nitrogens with zero attached hydrogens (tertiary/aromatic N) is 1. The molecule has 5 heteroatoms. The van der Waals surface area contributed by atoms with Gasteiger partial charge in [0.1, 0.15) is 18.2 Å². The van der Waals surface area contributed by atoms with E-state index in [0.717, 1.165) is 16.7 Å². The van der Waals surface area contributed by atoms with Gasteiger partial charge in [-0.3, -0.25) is 4.90 Å². The van der Waals surface area contributed by atoms with Gasteiger partial charge >= 0.3 is 12.1 Å². The Labute approximate surface area is 173 Å². The molecule has 2 rings (SSSR count). The SMILES string of the molecule is CCN(C(=O)OCc1ccccc1)[C@@H](Cc1ccc(C)cc1)C(=O)OC(C)(C)C. The van der Waals surface area contributed by atoms with Gasteiger partial charge in [0.15, 0.2) is 0 Å². The number of rotatable bonds is 7. The van der Waals surface area contributed by atoms with Crippen LogP contribution in [0.1, 0.15) is 44.4 Å². The van der Waals surface area contributed by atoms with Crippen LogP contribution in [0.15, 0.2) is 54.6 Å². The summed E-state index contributed by atoms with van der Waals surface area (Å²) in [5, 5.41) is 0. The van der Waals surface area contributed by atoms with E-state index in [4.69, 9.17) is 9.47 Å². The Morgan fingerprint density at radius 2 is 1.59 bits per heavy atom. The standard InChI is InChI=1S/C24H31NO4/c1-6-25(23(27)28-17-20-10-8-7-9-11-20)21(22(26)29-24(3,4)5)16-19-14-12-18(2)13-15-19/h7-15,21H,6,16-17H2,1-5H3/t21-/m0/s1. The van der Waals surface area contributed by atoms with Gasteiger partial charge in [-0.25, -0.2) is 9.59 Å². The number of likely N-dealkylation sites (N-methyl/N-ethyl adjacent to an activating group) is 1. The second-order valence-corrected chi connectivity index (χ2v) is 8.07. The number of ether oxygens (including phenoxy) is 2. The smallest absolute Gasteiger partial charge is 0.410 e. The Bertz CT molecular complexity index is 794. The van der Waals surface area contributed by atoms with Crippen LogP contribution in [0.4, 0.5) is 4.79 Å². The molecule has 0 aliphatic carbocycles. The van der Waals surface area contributed by atoms with E-state index >= 15 is 0 Å². The molecule has 0 radical (unpaired) electrons. The van der Waals surface area contributed by atoms with Gasteiger partial charge in [-0.05, 0) is 45.7 Å². The lowest BCUT2D eigenvalue weighted by molar-refractivity contribution is -0.160. The van der Waals surface area contributed by atoms with Crippen molar-refractivity contribution in [2.45, 2.75) is 59.3 Å². The van der Waals surface area contributed by atoms with Crippen LogP contribution >= 0.6 is 0 Å². The van der Waals surface area contributed by atoms with Crippen molar-refractivity contribution in [2.24, 2.45) is 0 Å². The molecule has 1 amide bonds. The quantitative estimate of drug-likeness (QED) is 0.623. The number of carbonyl (C=O) groups excluding carboxylic acids is 2. The molecule has 0 saturated heterocycles. The van der Waals surface area contributed by atoms with E-state index in [1.807, 2.05) is 89.2 Å². The lowest BCUT2D eigenvalue weighted by atomic mass is 10.0. The Kier molecular flexibility index (Phi) is 7.82. The minimum absolute atomic E-state index is 0.155. The summed E-state index contributed by atoms with van der Waals surface area (Å²) < 4.78 is 11.1. The van der Waals surface area contributed by atoms with E-state index in [9.17, 15) is 9.59 Å². The van der Waals surface area contributed by atoms with Crippen LogP contribution in [0.5, 0.6) is 0 Å². The first-order chi connectivity index (χ1) is 13.7. The number of carbonyl (C=O) groups is 2. The van der Waals surface area contributed by atoms with Crippen molar-refractivity contribution in [2.75, 3.05) is 6.54 Å². The molecule has 0 bridgehead atoms. The Balaban J connectivity index is 2.19. The summed E-state index contributed by atoms with van der Waals surface area (Å²) in [6.45, 7) is 9.78. The van der Waals surface area contributed by atoms with Crippen LogP contribution in [0, 0.1) is 6.92 Å². The van der Waals surface area contributed by atoms with Crippen molar-refractivity contribution in [3.8, 4) is 0 Å². The van der Waals surface area contributed by atoms with E-state index in [1.165, 1.54) is 4.90 Å². The number of hydrogen-bond acceptors (Lipinski definition) is 4. The van der Waals surface area contributed by atoms with Gasteiger partial charge in [0.2, 0.25) is 0 Å². The van der Waals surface area contributed by atoms with Crippen LogP contribution in [0.3, 0.4) is 0 Å². The van der Waals surface area contributed by atoms with E-state index in [2.05, 4.69) is 0 Å². The molecule has 0 aliphatic rings. The molecule has 0 fully saturated rings. The topological polar surface area (TPSA) is 55.8 Å². The highest BCUT2D eigenvalue weighted by atomic mass is 16.6. The fraction of sp³-hybridized carbons (Fsp3) is 0.417. The van der Waals surface area contributed by atoms with E-state index in [-0.39, 0.29) is 6.61 Å². The molecule has 1 atom stereocenters. The van der Waals surface area contributed by atoms with Gasteiger partial charge in [-0.15, -0.1) is 0 Å². The third-order valence-electron chi connectivity index (χ3n) is 4.39. The molecule has 0 heterocycles. The van der Waals surface area contributed by atoms with E-state index in [0.29, 0.717) is 13.0 Å². The van der Waals surface area contributed by atoms with Crippen LogP contribution < -0.4 is 0 Å². The second kappa shape index (κ2) is 10.1. The Morgan fingerprint density at radius 1 is 0.966 bits per heavy atom. The highest BCUT2D eigenvalue weighted by molar-refractivity contribution is 5.82. The molecule has 0 N–H and O–H groups in total. The molecular weight excluding hydrogens is 366 g/mol. The molecule has 2 aromatic carbocycles. The Morgan fingerprint density at radius 3 is 2.14 bits per heavy atom. The van der Waals surface area contributed by atoms with Gasteiger partial charge in [-0.2, -0.15) is 0 Å². The van der Waals surface area contributed by atoms with Crippen LogP contribution in [0.25, 0.3) is 0 Å². The average molecular weight is 398 g/mol. The first kappa shape index (κ1) is 22.5. The van der Waals surface area contributed by atoms with E-state index in [1.54, 1.807) is 0 Å². The average Bonchev–Trinajstić information content (AvgIpc) is 2.67. The van der Waals surface area contributed by atoms with Crippen molar-refractivity contribution < 1.29 is 19.1 Å². The highest BCUT2D eigenvalue weighted by Gasteiger charge is 2.33. The fourth-order valence-electron chi connectivity index (χ4n) is 2.92. The highest BCUT2D eigenvalue weighted by Crippen LogP contribution is 2.17. The first-order valence-corrected chi connectivity index (χ1v) is 9.95. The zero-order valence-electron chi connectivity index (χ0n) is 18.0. The molecule has 29 heavy (non-hydrogen) atoms. The minimum Gasteiger partial charge on any atom is -0.458 e. The summed E-state index contributed by atoms with van der Waals surface area (Å²) in [5.41, 5.74) is 2.35. The van der Waals surface area contributed by atoms with Gasteiger partial charge in [0.05, 0.1) is 0 Å². The zero-order chi connectivity index (χ0) is 21.4. The minimum atomic E-state index is -0.759. The molecule has 5 nitrogen and oxygen atoms in total. The van der Waals surface area contributed by atoms with Crippen molar-refractivity contribution in [3.05, 3.63) is 71.3 Å². The maximum atomic E-state index is 12.9. The number of hydrogen-bond donors (Lipinski definition) is 0. The summed E-state index contributed by atoms with van der Waals surface area (Å²) in [7, 11) is 0. The summed E-state index contributed by atoms with van der Waals surface area (Å²) >= 11 is 0. The molecule has 0 aliphatic heterocycles. The van der Waals surface area contributed by atoms with Gasteiger partial charge in [-0.1, -0.05) is 60.2 Å². The monoisotopic (exact) mass is 397 g/mol. The molecule has 0 unspecified atom stereocenters. The van der Waals surface area contributed by atoms with Crippen molar-refractivity contribution in [1.82, 2.24) is 4.90 Å². The van der Waals surface area contributed by atoms with Crippen LogP contribution in [0.2, 0.25) is 0 Å². The van der Waals surface area contributed by atoms with Crippen molar-refractivity contribution in [3.63, 3.8) is 0 Å². The summed E-state index contributed by atoms with van der Waals surface area (Å²) in [5.74, 6) is -0.434. The van der Waals surface area contributed by atoms with Gasteiger partial charge in [0, 0.05) is 13.0 Å². The zero-order valence-corrected chi connectivity index (χ0v) is 18.0. The molecule has 156 valence electrons. The normalized spacial score (nSPS) is 12.2. The Hall–Kier alpha value is -2.82. The van der Waals surface area contributed by atoms with Crippen LogP contribution in [-0.2, 0) is 27.3 Å². The number of aryl methyl sites for hydroxylation is 1. The largest absolute Gasteiger partial charge is 0.458 e. The van der Waals surface area contributed by atoms with Crippen molar-refractivity contribution in [1.29, 1.82) is 0 Å². The fourth-order valence-corrected chi connectivity index (χ4v) is 2.92. The first-order valence-electron chi connectivity index (χ1n) is 9.95. The number of esters is 1. The van der Waals surface area contributed by atoms with Gasteiger partial charge in [0.25, 0.3) is 0 Å². The summed E-state index contributed by atoms with van der Waals surface area (Å²) in [6.07, 6.45) is -0.164. The summed E-state index contributed by atoms with van der Waals surface area (Å²) in [4.78, 5) is 27.2. The van der Waals surface area contributed by atoms with Crippen LogP contribution in [-0.4, -0.2) is 35.2 Å². The summed E-state index contributed by atoms with van der Waals surface area (Å²) in [6, 6.07) is 16.6. The molecular formula is C24H31NO4. The van der Waals surface area contributed by atoms with Gasteiger partial charge < -0.3 is 9.47 Å². The third kappa shape index (κ3) is 7.26. The second-order valence-electron chi connectivity index (χ2n) is 8.07. The molecule has 0 spiro atoms. The predicted molar refractivity (Wildman–Crippen MR) is 114 cm³/mol. The number of amides is 1. The molecule has 2 aromatic rings.